The van der Waals surface area contributed by atoms with Crippen molar-refractivity contribution in [3.8, 4) is 5.75 Å². The van der Waals surface area contributed by atoms with Crippen LogP contribution in [0.1, 0.15) is 23.6 Å². The second-order valence-electron chi connectivity index (χ2n) is 6.70. The van der Waals surface area contributed by atoms with Crippen LogP contribution in [-0.2, 0) is 16.0 Å². The van der Waals surface area contributed by atoms with E-state index in [1.165, 1.54) is 0 Å². The number of H-pyrrole nitrogens is 1. The Labute approximate surface area is 168 Å². The Kier molecular flexibility index (Phi) is 5.90. The van der Waals surface area contributed by atoms with E-state index in [1.54, 1.807) is 25.3 Å². The Bertz CT molecular complexity index is 1010. The lowest BCUT2D eigenvalue weighted by molar-refractivity contribution is -0.132. The van der Waals surface area contributed by atoms with E-state index >= 15 is 0 Å². The largest absolute Gasteiger partial charge is 0.480 e. The first-order valence-corrected chi connectivity index (χ1v) is 9.30. The number of fused-ring (bicyclic) bond motifs is 1. The number of nitrogens with one attached hydrogen (secondary N) is 3. The standard InChI is InChI=1S/C21H22ClN3O3/c1-12-8-16(22)9-13(2)20(12)28-14(3)21(27)25-24-19(26)10-15-11-23-18-7-5-4-6-17(15)18/h4-9,11,14,23H,10H2,1-3H3,(H,24,26)(H,25,27)/t14-/m1/s1. The van der Waals surface area contributed by atoms with Crippen LogP contribution in [-0.4, -0.2) is 22.9 Å². The summed E-state index contributed by atoms with van der Waals surface area (Å²) in [6.45, 7) is 5.35. The fourth-order valence-corrected chi connectivity index (χ4v) is 3.37. The number of hydrazine groups is 1. The van der Waals surface area contributed by atoms with Crippen molar-refractivity contribution in [3.63, 3.8) is 0 Å². The van der Waals surface area contributed by atoms with Crippen LogP contribution < -0.4 is 15.6 Å². The molecule has 1 atom stereocenters. The lowest BCUT2D eigenvalue weighted by Crippen LogP contribution is -2.47. The molecule has 3 aromatic rings. The van der Waals surface area contributed by atoms with Crippen LogP contribution in [0.15, 0.2) is 42.6 Å². The third-order valence-electron chi connectivity index (χ3n) is 4.44. The van der Waals surface area contributed by atoms with Crippen molar-refractivity contribution in [2.24, 2.45) is 0 Å². The summed E-state index contributed by atoms with van der Waals surface area (Å²) in [4.78, 5) is 27.6. The molecule has 1 aromatic heterocycles. The average molecular weight is 400 g/mol. The molecule has 2 amide bonds. The van der Waals surface area contributed by atoms with E-state index in [9.17, 15) is 9.59 Å². The van der Waals surface area contributed by atoms with Gasteiger partial charge in [0.1, 0.15) is 5.75 Å². The van der Waals surface area contributed by atoms with E-state index in [0.29, 0.717) is 10.8 Å². The predicted octanol–water partition coefficient (Wildman–Crippen LogP) is 3.60. The van der Waals surface area contributed by atoms with Gasteiger partial charge in [0.25, 0.3) is 5.91 Å². The summed E-state index contributed by atoms with van der Waals surface area (Å²) in [5, 5.41) is 1.60. The minimum Gasteiger partial charge on any atom is -0.480 e. The molecule has 0 spiro atoms. The number of carbonyl (C=O) groups excluding carboxylic acids is 2. The fourth-order valence-electron chi connectivity index (χ4n) is 3.04. The molecular weight excluding hydrogens is 378 g/mol. The second kappa shape index (κ2) is 8.35. The van der Waals surface area contributed by atoms with Crippen molar-refractivity contribution in [2.75, 3.05) is 0 Å². The highest BCUT2D eigenvalue weighted by atomic mass is 35.5. The first kappa shape index (κ1) is 19.8. The number of rotatable bonds is 5. The van der Waals surface area contributed by atoms with Crippen molar-refractivity contribution in [1.82, 2.24) is 15.8 Å². The highest BCUT2D eigenvalue weighted by Crippen LogP contribution is 2.27. The molecule has 3 rings (SSSR count). The zero-order valence-electron chi connectivity index (χ0n) is 15.9. The summed E-state index contributed by atoms with van der Waals surface area (Å²) in [7, 11) is 0. The van der Waals surface area contributed by atoms with Crippen LogP contribution in [0.3, 0.4) is 0 Å². The summed E-state index contributed by atoms with van der Waals surface area (Å²) in [5.41, 5.74) is 8.36. The van der Waals surface area contributed by atoms with Crippen LogP contribution in [0.4, 0.5) is 0 Å². The van der Waals surface area contributed by atoms with Gasteiger partial charge in [0.2, 0.25) is 5.91 Å². The van der Waals surface area contributed by atoms with Gasteiger partial charge in [0.05, 0.1) is 6.42 Å². The Morgan fingerprint density at radius 1 is 1.14 bits per heavy atom. The van der Waals surface area contributed by atoms with E-state index in [0.717, 1.165) is 27.6 Å². The highest BCUT2D eigenvalue weighted by Gasteiger charge is 2.18. The average Bonchev–Trinajstić information content (AvgIpc) is 3.05. The first-order valence-electron chi connectivity index (χ1n) is 8.92. The summed E-state index contributed by atoms with van der Waals surface area (Å²) in [6, 6.07) is 11.3. The smallest absolute Gasteiger partial charge is 0.279 e. The molecule has 0 bridgehead atoms. The number of benzene rings is 2. The highest BCUT2D eigenvalue weighted by molar-refractivity contribution is 6.30. The number of para-hydroxylation sites is 1. The molecule has 0 fully saturated rings. The molecule has 7 heteroatoms. The third kappa shape index (κ3) is 4.46. The van der Waals surface area contributed by atoms with E-state index in [1.807, 2.05) is 38.1 Å². The molecule has 6 nitrogen and oxygen atoms in total. The van der Waals surface area contributed by atoms with Gasteiger partial charge in [-0.15, -0.1) is 0 Å². The topological polar surface area (TPSA) is 83.2 Å². The normalized spacial score (nSPS) is 11.9. The van der Waals surface area contributed by atoms with Crippen molar-refractivity contribution in [2.45, 2.75) is 33.3 Å². The van der Waals surface area contributed by atoms with Crippen LogP contribution in [0.2, 0.25) is 5.02 Å². The number of halogens is 1. The number of hydrogen-bond acceptors (Lipinski definition) is 3. The number of aryl methyl sites for hydroxylation is 2. The summed E-state index contributed by atoms with van der Waals surface area (Å²) in [6.07, 6.45) is 1.16. The summed E-state index contributed by atoms with van der Waals surface area (Å²) < 4.78 is 5.76. The number of aromatic nitrogens is 1. The zero-order valence-corrected chi connectivity index (χ0v) is 16.7. The van der Waals surface area contributed by atoms with Gasteiger partial charge in [-0.1, -0.05) is 29.8 Å². The number of amides is 2. The van der Waals surface area contributed by atoms with E-state index < -0.39 is 12.0 Å². The molecule has 3 N–H and O–H groups in total. The lowest BCUT2D eigenvalue weighted by Gasteiger charge is -2.18. The number of carbonyl (C=O) groups is 2. The summed E-state index contributed by atoms with van der Waals surface area (Å²) in [5.74, 6) is -0.151. The Hall–Kier alpha value is -2.99. The van der Waals surface area contributed by atoms with Gasteiger partial charge in [-0.2, -0.15) is 0 Å². The van der Waals surface area contributed by atoms with Crippen molar-refractivity contribution >= 4 is 34.3 Å². The molecular formula is C21H22ClN3O3. The summed E-state index contributed by atoms with van der Waals surface area (Å²) >= 11 is 6.02. The van der Waals surface area contributed by atoms with E-state index in [4.69, 9.17) is 16.3 Å². The van der Waals surface area contributed by atoms with Crippen LogP contribution >= 0.6 is 11.6 Å². The number of ether oxygens (including phenoxy) is 1. The van der Waals surface area contributed by atoms with Gasteiger partial charge in [-0.05, 0) is 55.7 Å². The van der Waals surface area contributed by atoms with Gasteiger partial charge in [-0.25, -0.2) is 0 Å². The molecule has 0 unspecified atom stereocenters. The minimum absolute atomic E-state index is 0.148. The minimum atomic E-state index is -0.785. The Morgan fingerprint density at radius 2 is 1.82 bits per heavy atom. The van der Waals surface area contributed by atoms with Gasteiger partial charge >= 0.3 is 0 Å². The SMILES string of the molecule is Cc1cc(Cl)cc(C)c1O[C@H](C)C(=O)NNC(=O)Cc1c[nH]c2ccccc12. The second-order valence-corrected chi connectivity index (χ2v) is 7.14. The Balaban J connectivity index is 1.55. The number of hydrogen-bond donors (Lipinski definition) is 3. The van der Waals surface area contributed by atoms with E-state index in [2.05, 4.69) is 15.8 Å². The lowest BCUT2D eigenvalue weighted by atomic mass is 10.1. The maximum absolute atomic E-state index is 12.3. The maximum atomic E-state index is 12.3. The van der Waals surface area contributed by atoms with Gasteiger partial charge in [-0.3, -0.25) is 20.4 Å². The van der Waals surface area contributed by atoms with Crippen LogP contribution in [0.25, 0.3) is 10.9 Å². The maximum Gasteiger partial charge on any atom is 0.279 e. The molecule has 1 heterocycles. The van der Waals surface area contributed by atoms with Crippen LogP contribution in [0, 0.1) is 13.8 Å². The van der Waals surface area contributed by atoms with Crippen molar-refractivity contribution < 1.29 is 14.3 Å². The molecule has 0 aliphatic carbocycles. The number of aromatic amines is 1. The van der Waals surface area contributed by atoms with Crippen molar-refractivity contribution in [1.29, 1.82) is 0 Å². The van der Waals surface area contributed by atoms with Gasteiger partial charge in [0, 0.05) is 22.1 Å². The molecule has 28 heavy (non-hydrogen) atoms. The zero-order chi connectivity index (χ0) is 20.3. The Morgan fingerprint density at radius 3 is 2.54 bits per heavy atom. The molecule has 0 radical (unpaired) electrons. The molecule has 0 saturated heterocycles. The molecule has 0 aliphatic rings. The van der Waals surface area contributed by atoms with Crippen LogP contribution in [0.5, 0.6) is 5.75 Å². The molecule has 146 valence electrons. The van der Waals surface area contributed by atoms with Gasteiger partial charge < -0.3 is 9.72 Å². The van der Waals surface area contributed by atoms with Gasteiger partial charge in [0.15, 0.2) is 6.10 Å². The monoisotopic (exact) mass is 399 g/mol. The van der Waals surface area contributed by atoms with E-state index in [-0.39, 0.29) is 12.3 Å². The predicted molar refractivity (Wildman–Crippen MR) is 109 cm³/mol. The molecule has 2 aromatic carbocycles. The molecule has 0 aliphatic heterocycles. The quantitative estimate of drug-likeness (QED) is 0.573. The fraction of sp³-hybridized carbons (Fsp3) is 0.238. The first-order chi connectivity index (χ1) is 13.3. The molecule has 0 saturated carbocycles. The third-order valence-corrected chi connectivity index (χ3v) is 4.66. The van der Waals surface area contributed by atoms with Crippen molar-refractivity contribution in [3.05, 3.63) is 64.3 Å².